The molecule has 2 saturated carbocycles. The van der Waals surface area contributed by atoms with Crippen molar-refractivity contribution < 1.29 is 13.2 Å². The van der Waals surface area contributed by atoms with Crippen molar-refractivity contribution in [3.05, 3.63) is 24.3 Å². The van der Waals surface area contributed by atoms with Crippen LogP contribution in [0.25, 0.3) is 0 Å². The molecule has 0 aromatic heterocycles. The SMILES string of the molecule is CN(C1CCCCC1)S(=O)(=O)c1ccc(NC(=S)NC(=O)C2CC2)cc1. The number of anilines is 1. The van der Waals surface area contributed by atoms with E-state index in [4.69, 9.17) is 12.2 Å². The van der Waals surface area contributed by atoms with Crippen LogP contribution in [0.3, 0.4) is 0 Å². The number of carbonyl (C=O) groups excluding carboxylic acids is 1. The van der Waals surface area contributed by atoms with E-state index < -0.39 is 10.0 Å². The Balaban J connectivity index is 1.62. The van der Waals surface area contributed by atoms with Crippen LogP contribution in [0.15, 0.2) is 29.2 Å². The Labute approximate surface area is 160 Å². The fourth-order valence-electron chi connectivity index (χ4n) is 3.24. The molecule has 26 heavy (non-hydrogen) atoms. The third-order valence-electron chi connectivity index (χ3n) is 5.06. The summed E-state index contributed by atoms with van der Waals surface area (Å²) < 4.78 is 27.1. The summed E-state index contributed by atoms with van der Waals surface area (Å²) in [5, 5.41) is 5.80. The third kappa shape index (κ3) is 4.61. The Bertz CT molecular complexity index is 767. The lowest BCUT2D eigenvalue weighted by Crippen LogP contribution is -2.38. The molecule has 3 rings (SSSR count). The van der Waals surface area contributed by atoms with Gasteiger partial charge < -0.3 is 10.6 Å². The summed E-state index contributed by atoms with van der Waals surface area (Å²) in [4.78, 5) is 12.0. The molecule has 0 heterocycles. The van der Waals surface area contributed by atoms with Gasteiger partial charge in [-0.05, 0) is 62.2 Å². The Morgan fingerprint density at radius 3 is 2.27 bits per heavy atom. The van der Waals surface area contributed by atoms with Gasteiger partial charge >= 0.3 is 0 Å². The van der Waals surface area contributed by atoms with Crippen molar-refractivity contribution >= 4 is 38.9 Å². The second kappa shape index (κ2) is 8.02. The zero-order valence-corrected chi connectivity index (χ0v) is 16.5. The highest BCUT2D eigenvalue weighted by Crippen LogP contribution is 2.29. The first-order chi connectivity index (χ1) is 12.4. The number of nitrogens with one attached hydrogen (secondary N) is 2. The van der Waals surface area contributed by atoms with Gasteiger partial charge in [-0.15, -0.1) is 0 Å². The van der Waals surface area contributed by atoms with E-state index in [9.17, 15) is 13.2 Å². The molecule has 0 saturated heterocycles. The van der Waals surface area contributed by atoms with Gasteiger partial charge in [-0.25, -0.2) is 8.42 Å². The second-order valence-electron chi connectivity index (χ2n) is 7.06. The van der Waals surface area contributed by atoms with Crippen molar-refractivity contribution in [2.45, 2.75) is 55.9 Å². The van der Waals surface area contributed by atoms with Crippen LogP contribution < -0.4 is 10.6 Å². The molecule has 2 aliphatic rings. The topological polar surface area (TPSA) is 78.5 Å². The van der Waals surface area contributed by atoms with E-state index in [0.717, 1.165) is 38.5 Å². The number of amides is 1. The molecule has 0 aliphatic heterocycles. The maximum absolute atomic E-state index is 12.8. The van der Waals surface area contributed by atoms with Crippen LogP contribution in [-0.2, 0) is 14.8 Å². The molecule has 0 atom stereocenters. The molecule has 1 amide bonds. The normalized spacial score (nSPS) is 18.5. The minimum absolute atomic E-state index is 0.0594. The summed E-state index contributed by atoms with van der Waals surface area (Å²) in [7, 11) is -1.84. The van der Waals surface area contributed by atoms with Crippen LogP contribution in [-0.4, -0.2) is 36.8 Å². The molecular formula is C18H25N3O3S2. The zero-order valence-electron chi connectivity index (χ0n) is 14.9. The monoisotopic (exact) mass is 395 g/mol. The molecule has 2 fully saturated rings. The van der Waals surface area contributed by atoms with E-state index >= 15 is 0 Å². The van der Waals surface area contributed by atoms with Crippen LogP contribution in [0, 0.1) is 5.92 Å². The number of rotatable bonds is 5. The molecule has 8 heteroatoms. The van der Waals surface area contributed by atoms with Gasteiger partial charge in [0.1, 0.15) is 0 Å². The van der Waals surface area contributed by atoms with Gasteiger partial charge in [-0.3, -0.25) is 4.79 Å². The molecule has 2 aliphatic carbocycles. The van der Waals surface area contributed by atoms with Crippen LogP contribution in [0.2, 0.25) is 0 Å². The van der Waals surface area contributed by atoms with Crippen LogP contribution in [0.4, 0.5) is 5.69 Å². The highest BCUT2D eigenvalue weighted by atomic mass is 32.2. The van der Waals surface area contributed by atoms with Gasteiger partial charge in [0, 0.05) is 24.7 Å². The average molecular weight is 396 g/mol. The number of hydrogen-bond acceptors (Lipinski definition) is 4. The van der Waals surface area contributed by atoms with Crippen molar-refractivity contribution in [2.24, 2.45) is 5.92 Å². The van der Waals surface area contributed by atoms with Gasteiger partial charge in [0.05, 0.1) is 4.90 Å². The Morgan fingerprint density at radius 2 is 1.69 bits per heavy atom. The number of thiocarbonyl (C=S) groups is 1. The standard InChI is InChI=1S/C18H25N3O3S2/c1-21(15-5-3-2-4-6-15)26(23,24)16-11-9-14(10-12-16)19-18(25)20-17(22)13-7-8-13/h9-13,15H,2-8H2,1H3,(H2,19,20,22,25). The highest BCUT2D eigenvalue weighted by molar-refractivity contribution is 7.89. The highest BCUT2D eigenvalue weighted by Gasteiger charge is 2.30. The number of sulfonamides is 1. The summed E-state index contributed by atoms with van der Waals surface area (Å²) in [6.07, 6.45) is 7.01. The summed E-state index contributed by atoms with van der Waals surface area (Å²) in [6.45, 7) is 0. The van der Waals surface area contributed by atoms with E-state index in [0.29, 0.717) is 5.69 Å². The first-order valence-electron chi connectivity index (χ1n) is 9.08. The largest absolute Gasteiger partial charge is 0.332 e. The van der Waals surface area contributed by atoms with Crippen molar-refractivity contribution in [3.8, 4) is 0 Å². The quantitative estimate of drug-likeness (QED) is 0.750. The Kier molecular flexibility index (Phi) is 5.94. The predicted molar refractivity (Wildman–Crippen MR) is 105 cm³/mol. The molecule has 0 radical (unpaired) electrons. The number of benzene rings is 1. The van der Waals surface area contributed by atoms with Gasteiger partial charge in [0.2, 0.25) is 15.9 Å². The lowest BCUT2D eigenvalue weighted by Gasteiger charge is -2.30. The second-order valence-corrected chi connectivity index (χ2v) is 9.46. The van der Waals surface area contributed by atoms with Crippen LogP contribution in [0.1, 0.15) is 44.9 Å². The molecule has 6 nitrogen and oxygen atoms in total. The molecular weight excluding hydrogens is 370 g/mol. The Hall–Kier alpha value is -1.51. The summed E-state index contributed by atoms with van der Waals surface area (Å²) in [6, 6.07) is 6.55. The summed E-state index contributed by atoms with van der Waals surface area (Å²) in [5.41, 5.74) is 0.644. The van der Waals surface area contributed by atoms with Crippen molar-refractivity contribution in [1.29, 1.82) is 0 Å². The maximum atomic E-state index is 12.8. The first-order valence-corrected chi connectivity index (χ1v) is 10.9. The molecule has 2 N–H and O–H groups in total. The Morgan fingerprint density at radius 1 is 1.08 bits per heavy atom. The van der Waals surface area contributed by atoms with Crippen LogP contribution >= 0.6 is 12.2 Å². The van der Waals surface area contributed by atoms with E-state index in [1.807, 2.05) is 0 Å². The maximum Gasteiger partial charge on any atom is 0.243 e. The van der Waals surface area contributed by atoms with Gasteiger partial charge in [-0.1, -0.05) is 19.3 Å². The van der Waals surface area contributed by atoms with Crippen molar-refractivity contribution in [3.63, 3.8) is 0 Å². The lowest BCUT2D eigenvalue weighted by molar-refractivity contribution is -0.120. The van der Waals surface area contributed by atoms with E-state index in [-0.39, 0.29) is 27.9 Å². The summed E-state index contributed by atoms with van der Waals surface area (Å²) >= 11 is 5.12. The van der Waals surface area contributed by atoms with Gasteiger partial charge in [0.25, 0.3) is 0 Å². The third-order valence-corrected chi connectivity index (χ3v) is 7.19. The molecule has 1 aromatic rings. The number of carbonyl (C=O) groups is 1. The van der Waals surface area contributed by atoms with E-state index in [1.54, 1.807) is 31.3 Å². The predicted octanol–water partition coefficient (Wildman–Crippen LogP) is 2.86. The molecule has 1 aromatic carbocycles. The molecule has 0 bridgehead atoms. The fraction of sp³-hybridized carbons (Fsp3) is 0.556. The fourth-order valence-corrected chi connectivity index (χ4v) is 4.87. The lowest BCUT2D eigenvalue weighted by atomic mass is 9.96. The van der Waals surface area contributed by atoms with Crippen molar-refractivity contribution in [1.82, 2.24) is 9.62 Å². The first kappa shape index (κ1) is 19.3. The number of nitrogens with zero attached hydrogens (tertiary/aromatic N) is 1. The van der Waals surface area contributed by atoms with Crippen LogP contribution in [0.5, 0.6) is 0 Å². The molecule has 142 valence electrons. The minimum atomic E-state index is -3.50. The van der Waals surface area contributed by atoms with E-state index in [2.05, 4.69) is 10.6 Å². The number of hydrogen-bond donors (Lipinski definition) is 2. The minimum Gasteiger partial charge on any atom is -0.332 e. The summed E-state index contributed by atoms with van der Waals surface area (Å²) in [5.74, 6) is 0.0217. The zero-order chi connectivity index (χ0) is 18.7. The molecule has 0 unspecified atom stereocenters. The van der Waals surface area contributed by atoms with E-state index in [1.165, 1.54) is 10.7 Å². The smallest absolute Gasteiger partial charge is 0.243 e. The average Bonchev–Trinajstić information content (AvgIpc) is 3.47. The molecule has 0 spiro atoms. The van der Waals surface area contributed by atoms with Crippen molar-refractivity contribution in [2.75, 3.05) is 12.4 Å². The van der Waals surface area contributed by atoms with Gasteiger partial charge in [0.15, 0.2) is 5.11 Å². The van der Waals surface area contributed by atoms with Gasteiger partial charge in [-0.2, -0.15) is 4.31 Å².